The number of rotatable bonds is 7. The van der Waals surface area contributed by atoms with Gasteiger partial charge in [0.05, 0.1) is 17.7 Å². The third-order valence-electron chi connectivity index (χ3n) is 5.17. The lowest BCUT2D eigenvalue weighted by atomic mass is 10.0. The van der Waals surface area contributed by atoms with Gasteiger partial charge in [-0.15, -0.1) is 11.3 Å². The van der Waals surface area contributed by atoms with Gasteiger partial charge in [-0.2, -0.15) is 0 Å². The maximum atomic E-state index is 14.5. The van der Waals surface area contributed by atoms with E-state index >= 15 is 0 Å². The van der Waals surface area contributed by atoms with E-state index in [-0.39, 0.29) is 18.1 Å². The van der Waals surface area contributed by atoms with E-state index in [0.29, 0.717) is 32.5 Å². The molecule has 0 unspecified atom stereocenters. The SMILES string of the molecule is COc1ccc(-c2nc(COc3ccc(F)c(C(N)=O)c3F)sc2-c2cccc(C)c2O)cc1. The van der Waals surface area contributed by atoms with E-state index in [0.717, 1.165) is 17.7 Å². The largest absolute Gasteiger partial charge is 0.507 e. The van der Waals surface area contributed by atoms with E-state index in [1.807, 2.05) is 18.2 Å². The molecule has 0 atom stereocenters. The molecule has 34 heavy (non-hydrogen) atoms. The number of ether oxygens (including phenoxy) is 2. The molecule has 4 rings (SSSR count). The molecule has 1 heterocycles. The summed E-state index contributed by atoms with van der Waals surface area (Å²) in [6.07, 6.45) is 0. The standard InChI is InChI=1S/C25H20F2N2O4S/c1-13-4-3-5-16(23(13)30)24-22(14-6-8-15(32-2)9-7-14)29-19(34-24)12-33-18-11-10-17(26)20(21(18)27)25(28)31/h3-11,30H,12H2,1-2H3,(H2,28,31). The van der Waals surface area contributed by atoms with Gasteiger partial charge < -0.3 is 20.3 Å². The highest BCUT2D eigenvalue weighted by Crippen LogP contribution is 2.42. The summed E-state index contributed by atoms with van der Waals surface area (Å²) < 4.78 is 39.0. The lowest BCUT2D eigenvalue weighted by Crippen LogP contribution is -2.16. The molecule has 9 heteroatoms. The molecule has 0 saturated carbocycles. The Kier molecular flexibility index (Phi) is 6.47. The van der Waals surface area contributed by atoms with Crippen LogP contribution in [0.5, 0.6) is 17.2 Å². The summed E-state index contributed by atoms with van der Waals surface area (Å²) in [6, 6.07) is 14.7. The number of benzene rings is 3. The number of aromatic hydroxyl groups is 1. The van der Waals surface area contributed by atoms with Gasteiger partial charge in [-0.1, -0.05) is 12.1 Å². The van der Waals surface area contributed by atoms with Crippen LogP contribution in [0.15, 0.2) is 54.6 Å². The van der Waals surface area contributed by atoms with Gasteiger partial charge in [-0.25, -0.2) is 13.8 Å². The van der Waals surface area contributed by atoms with Crippen LogP contribution in [0, 0.1) is 18.6 Å². The number of halogens is 2. The van der Waals surface area contributed by atoms with E-state index in [9.17, 15) is 18.7 Å². The molecule has 0 aliphatic heterocycles. The number of aromatic nitrogens is 1. The second-order valence-corrected chi connectivity index (χ2v) is 8.46. The Morgan fingerprint density at radius 2 is 1.85 bits per heavy atom. The minimum absolute atomic E-state index is 0.129. The summed E-state index contributed by atoms with van der Waals surface area (Å²) in [6.45, 7) is 1.64. The molecule has 0 spiro atoms. The normalized spacial score (nSPS) is 10.8. The van der Waals surface area contributed by atoms with E-state index in [1.54, 1.807) is 38.3 Å². The maximum Gasteiger partial charge on any atom is 0.254 e. The molecule has 0 aliphatic rings. The minimum atomic E-state index is -1.23. The summed E-state index contributed by atoms with van der Waals surface area (Å²) in [7, 11) is 1.57. The number of hydrogen-bond acceptors (Lipinski definition) is 6. The third kappa shape index (κ3) is 4.42. The van der Waals surface area contributed by atoms with Crippen LogP contribution in [0.1, 0.15) is 20.9 Å². The van der Waals surface area contributed by atoms with E-state index in [4.69, 9.17) is 15.2 Å². The van der Waals surface area contributed by atoms with Crippen LogP contribution < -0.4 is 15.2 Å². The van der Waals surface area contributed by atoms with Gasteiger partial charge in [-0.3, -0.25) is 4.79 Å². The van der Waals surface area contributed by atoms with Crippen molar-refractivity contribution in [1.29, 1.82) is 0 Å². The first-order chi connectivity index (χ1) is 16.3. The summed E-state index contributed by atoms with van der Waals surface area (Å²) in [4.78, 5) is 16.7. The maximum absolute atomic E-state index is 14.5. The van der Waals surface area contributed by atoms with Gasteiger partial charge in [-0.05, 0) is 55.0 Å². The quantitative estimate of drug-likeness (QED) is 0.365. The van der Waals surface area contributed by atoms with Gasteiger partial charge in [0, 0.05) is 11.1 Å². The van der Waals surface area contributed by atoms with Crippen LogP contribution in [0.2, 0.25) is 0 Å². The van der Waals surface area contributed by atoms with Crippen molar-refractivity contribution in [2.75, 3.05) is 7.11 Å². The Balaban J connectivity index is 1.73. The van der Waals surface area contributed by atoms with Crippen LogP contribution >= 0.6 is 11.3 Å². The fraction of sp³-hybridized carbons (Fsp3) is 0.120. The van der Waals surface area contributed by atoms with E-state index in [1.165, 1.54) is 11.3 Å². The van der Waals surface area contributed by atoms with Crippen molar-refractivity contribution in [2.24, 2.45) is 5.73 Å². The van der Waals surface area contributed by atoms with Gasteiger partial charge in [0.25, 0.3) is 5.91 Å². The summed E-state index contributed by atoms with van der Waals surface area (Å²) in [5.74, 6) is -2.98. The Hall–Kier alpha value is -3.98. The highest BCUT2D eigenvalue weighted by atomic mass is 32.1. The molecule has 3 aromatic carbocycles. The molecule has 1 amide bonds. The molecule has 6 nitrogen and oxygen atoms in total. The van der Waals surface area contributed by atoms with Crippen LogP contribution in [-0.2, 0) is 6.61 Å². The Morgan fingerprint density at radius 1 is 1.12 bits per heavy atom. The lowest BCUT2D eigenvalue weighted by Gasteiger charge is -2.08. The average Bonchev–Trinajstić information content (AvgIpc) is 3.24. The first-order valence-electron chi connectivity index (χ1n) is 10.1. The fourth-order valence-corrected chi connectivity index (χ4v) is 4.43. The van der Waals surface area contributed by atoms with E-state index in [2.05, 4.69) is 4.98 Å². The zero-order valence-electron chi connectivity index (χ0n) is 18.3. The number of phenolic OH excluding ortho intramolecular Hbond substituents is 1. The molecule has 0 radical (unpaired) electrons. The number of amides is 1. The Bertz CT molecular complexity index is 1370. The lowest BCUT2D eigenvalue weighted by molar-refractivity contribution is 0.0991. The third-order valence-corrected chi connectivity index (χ3v) is 6.23. The number of aryl methyl sites for hydroxylation is 1. The van der Waals surface area contributed by atoms with Crippen molar-refractivity contribution in [3.8, 4) is 38.9 Å². The van der Waals surface area contributed by atoms with Crippen molar-refractivity contribution in [3.63, 3.8) is 0 Å². The van der Waals surface area contributed by atoms with Gasteiger partial charge >= 0.3 is 0 Å². The summed E-state index contributed by atoms with van der Waals surface area (Å²) >= 11 is 1.26. The summed E-state index contributed by atoms with van der Waals surface area (Å²) in [5, 5.41) is 11.1. The van der Waals surface area contributed by atoms with Crippen molar-refractivity contribution in [3.05, 3.63) is 82.4 Å². The molecule has 174 valence electrons. The predicted octanol–water partition coefficient (Wildman–Crippen LogP) is 5.46. The van der Waals surface area contributed by atoms with Gasteiger partial charge in [0.2, 0.25) is 0 Å². The molecular weight excluding hydrogens is 462 g/mol. The molecular formula is C25H20F2N2O4S. The number of nitrogens with zero attached hydrogens (tertiary/aromatic N) is 1. The summed E-state index contributed by atoms with van der Waals surface area (Å²) in [5.41, 5.74) is 6.90. The smallest absolute Gasteiger partial charge is 0.254 e. The highest BCUT2D eigenvalue weighted by Gasteiger charge is 2.21. The first-order valence-corrected chi connectivity index (χ1v) is 11.0. The Morgan fingerprint density at radius 3 is 2.53 bits per heavy atom. The second kappa shape index (κ2) is 9.48. The van der Waals surface area contributed by atoms with Crippen LogP contribution in [0.4, 0.5) is 8.78 Å². The number of carbonyl (C=O) groups excluding carboxylic acids is 1. The number of carbonyl (C=O) groups is 1. The van der Waals surface area contributed by atoms with Crippen LogP contribution in [0.3, 0.4) is 0 Å². The molecule has 0 aliphatic carbocycles. The molecule has 3 N–H and O–H groups in total. The van der Waals surface area contributed by atoms with E-state index < -0.39 is 23.1 Å². The number of primary amides is 1. The number of phenols is 1. The molecule has 4 aromatic rings. The highest BCUT2D eigenvalue weighted by molar-refractivity contribution is 7.15. The molecule has 1 aromatic heterocycles. The van der Waals surface area contributed by atoms with Crippen LogP contribution in [-0.4, -0.2) is 23.1 Å². The van der Waals surface area contributed by atoms with Gasteiger partial charge in [0.15, 0.2) is 11.6 Å². The zero-order valence-corrected chi connectivity index (χ0v) is 19.1. The van der Waals surface area contributed by atoms with Crippen molar-refractivity contribution in [2.45, 2.75) is 13.5 Å². The average molecular weight is 483 g/mol. The van der Waals surface area contributed by atoms with Crippen molar-refractivity contribution >= 4 is 17.2 Å². The number of thiazole rings is 1. The van der Waals surface area contributed by atoms with Crippen LogP contribution in [0.25, 0.3) is 21.7 Å². The Labute approximate surface area is 198 Å². The molecule has 0 saturated heterocycles. The minimum Gasteiger partial charge on any atom is -0.507 e. The van der Waals surface area contributed by atoms with Crippen molar-refractivity contribution < 1.29 is 28.2 Å². The first kappa shape index (κ1) is 23.2. The second-order valence-electron chi connectivity index (χ2n) is 7.37. The number of hydrogen-bond donors (Lipinski definition) is 2. The van der Waals surface area contributed by atoms with Crippen molar-refractivity contribution in [1.82, 2.24) is 4.98 Å². The topological polar surface area (TPSA) is 94.7 Å². The number of methoxy groups -OCH3 is 1. The monoisotopic (exact) mass is 482 g/mol. The fourth-order valence-electron chi connectivity index (χ4n) is 3.41. The number of para-hydroxylation sites is 1. The molecule has 0 bridgehead atoms. The predicted molar refractivity (Wildman–Crippen MR) is 125 cm³/mol. The number of nitrogens with two attached hydrogens (primary N) is 1. The zero-order chi connectivity index (χ0) is 24.4. The molecule has 0 fully saturated rings. The van der Waals surface area contributed by atoms with Gasteiger partial charge in [0.1, 0.15) is 34.5 Å².